The molecule has 0 fully saturated rings. The van der Waals surface area contributed by atoms with Crippen LogP contribution in [0.4, 0.5) is 0 Å². The first-order valence-corrected chi connectivity index (χ1v) is 6.48. The zero-order valence-electron chi connectivity index (χ0n) is 11.0. The highest BCUT2D eigenvalue weighted by molar-refractivity contribution is 5.81. The van der Waals surface area contributed by atoms with Crippen LogP contribution in [0.2, 0.25) is 0 Å². The van der Waals surface area contributed by atoms with Crippen LogP contribution >= 0.6 is 0 Å². The minimum atomic E-state index is 0.0677. The molecule has 0 amide bonds. The average molecular weight is 262 g/mol. The summed E-state index contributed by atoms with van der Waals surface area (Å²) in [5.41, 5.74) is 3.82. The number of benzene rings is 2. The Morgan fingerprint density at radius 1 is 1.00 bits per heavy atom. The lowest BCUT2D eigenvalue weighted by atomic mass is 10.1. The second kappa shape index (κ2) is 5.20. The first kappa shape index (κ1) is 12.5. The van der Waals surface area contributed by atoms with Crippen LogP contribution in [0.1, 0.15) is 16.7 Å². The molecule has 0 radical (unpaired) electrons. The predicted octanol–water partition coefficient (Wildman–Crippen LogP) is 3.05. The van der Waals surface area contributed by atoms with Crippen LogP contribution in [0.5, 0.6) is 0 Å². The van der Waals surface area contributed by atoms with Crippen LogP contribution in [0.15, 0.2) is 54.7 Å². The standard InChI is InChI=1S/C17H14N2O/c18-10-15-5-6-16-7-8-19(17(16)9-15)11-13-1-3-14(12-20)4-2-13/h1-9,20H,11-12H2. The summed E-state index contributed by atoms with van der Waals surface area (Å²) in [6, 6.07) is 17.9. The third-order valence-electron chi connectivity index (χ3n) is 3.46. The molecule has 1 aromatic heterocycles. The molecule has 0 bridgehead atoms. The van der Waals surface area contributed by atoms with Gasteiger partial charge < -0.3 is 9.67 Å². The lowest BCUT2D eigenvalue weighted by molar-refractivity contribution is 0.282. The first-order valence-electron chi connectivity index (χ1n) is 6.48. The number of hydrogen-bond acceptors (Lipinski definition) is 2. The molecule has 1 heterocycles. The molecule has 3 nitrogen and oxygen atoms in total. The maximum Gasteiger partial charge on any atom is 0.0992 e. The van der Waals surface area contributed by atoms with Crippen molar-refractivity contribution in [2.75, 3.05) is 0 Å². The molecule has 0 saturated heterocycles. The van der Waals surface area contributed by atoms with Crippen molar-refractivity contribution in [2.45, 2.75) is 13.2 Å². The highest BCUT2D eigenvalue weighted by Crippen LogP contribution is 2.19. The van der Waals surface area contributed by atoms with Crippen LogP contribution in [0, 0.1) is 11.3 Å². The zero-order valence-corrected chi connectivity index (χ0v) is 11.0. The fourth-order valence-electron chi connectivity index (χ4n) is 2.34. The molecule has 1 N–H and O–H groups in total. The molecule has 0 unspecified atom stereocenters. The molecule has 98 valence electrons. The van der Waals surface area contributed by atoms with Gasteiger partial charge in [0, 0.05) is 18.3 Å². The van der Waals surface area contributed by atoms with Gasteiger partial charge in [-0.05, 0) is 34.7 Å². The van der Waals surface area contributed by atoms with Crippen molar-refractivity contribution >= 4 is 10.9 Å². The Morgan fingerprint density at radius 3 is 2.45 bits per heavy atom. The van der Waals surface area contributed by atoms with Crippen molar-refractivity contribution in [2.24, 2.45) is 0 Å². The van der Waals surface area contributed by atoms with E-state index in [-0.39, 0.29) is 6.61 Å². The zero-order chi connectivity index (χ0) is 13.9. The SMILES string of the molecule is N#Cc1ccc2ccn(Cc3ccc(CO)cc3)c2c1. The summed E-state index contributed by atoms with van der Waals surface area (Å²) in [5, 5.41) is 19.2. The molecule has 0 aliphatic carbocycles. The minimum Gasteiger partial charge on any atom is -0.392 e. The van der Waals surface area contributed by atoms with Gasteiger partial charge in [0.1, 0.15) is 0 Å². The van der Waals surface area contributed by atoms with Crippen molar-refractivity contribution in [3.05, 3.63) is 71.4 Å². The van der Waals surface area contributed by atoms with Crippen LogP contribution in [-0.4, -0.2) is 9.67 Å². The van der Waals surface area contributed by atoms with Gasteiger partial charge in [-0.1, -0.05) is 30.3 Å². The van der Waals surface area contributed by atoms with E-state index in [1.54, 1.807) is 0 Å². The Balaban J connectivity index is 1.95. The van der Waals surface area contributed by atoms with Gasteiger partial charge in [0.2, 0.25) is 0 Å². The number of nitriles is 1. The quantitative estimate of drug-likeness (QED) is 0.788. The van der Waals surface area contributed by atoms with Gasteiger partial charge >= 0.3 is 0 Å². The Morgan fingerprint density at radius 2 is 1.75 bits per heavy atom. The van der Waals surface area contributed by atoms with Gasteiger partial charge in [-0.25, -0.2) is 0 Å². The molecule has 20 heavy (non-hydrogen) atoms. The van der Waals surface area contributed by atoms with E-state index in [9.17, 15) is 0 Å². The van der Waals surface area contributed by atoms with Crippen molar-refractivity contribution in [1.29, 1.82) is 5.26 Å². The molecule has 0 spiro atoms. The number of rotatable bonds is 3. The highest BCUT2D eigenvalue weighted by Gasteiger charge is 2.03. The molecule has 0 atom stereocenters. The largest absolute Gasteiger partial charge is 0.392 e. The molecule has 0 saturated carbocycles. The summed E-state index contributed by atoms with van der Waals surface area (Å²) in [6.07, 6.45) is 2.03. The van der Waals surface area contributed by atoms with Gasteiger partial charge in [-0.2, -0.15) is 5.26 Å². The van der Waals surface area contributed by atoms with E-state index in [1.807, 2.05) is 48.7 Å². The van der Waals surface area contributed by atoms with Gasteiger partial charge in [0.15, 0.2) is 0 Å². The van der Waals surface area contributed by atoms with E-state index in [0.29, 0.717) is 5.56 Å². The van der Waals surface area contributed by atoms with Crippen molar-refractivity contribution in [1.82, 2.24) is 4.57 Å². The van der Waals surface area contributed by atoms with Crippen molar-refractivity contribution in [3.8, 4) is 6.07 Å². The average Bonchev–Trinajstić information content (AvgIpc) is 2.90. The normalized spacial score (nSPS) is 10.6. The Labute approximate surface area is 117 Å². The number of fused-ring (bicyclic) bond motifs is 1. The summed E-state index contributed by atoms with van der Waals surface area (Å²) in [4.78, 5) is 0. The maximum absolute atomic E-state index is 9.05. The van der Waals surface area contributed by atoms with Gasteiger partial charge in [0.05, 0.1) is 18.2 Å². The number of aliphatic hydroxyl groups is 1. The first-order chi connectivity index (χ1) is 9.80. The van der Waals surface area contributed by atoms with Crippen LogP contribution < -0.4 is 0 Å². The van der Waals surface area contributed by atoms with E-state index in [4.69, 9.17) is 10.4 Å². The lowest BCUT2D eigenvalue weighted by Crippen LogP contribution is -1.98. The van der Waals surface area contributed by atoms with E-state index >= 15 is 0 Å². The molecule has 3 heteroatoms. The Kier molecular flexibility index (Phi) is 3.24. The smallest absolute Gasteiger partial charge is 0.0992 e. The second-order valence-electron chi connectivity index (χ2n) is 4.80. The van der Waals surface area contributed by atoms with E-state index < -0.39 is 0 Å². The number of hydrogen-bond donors (Lipinski definition) is 1. The van der Waals surface area contributed by atoms with Gasteiger partial charge in [-0.15, -0.1) is 0 Å². The molecule has 3 rings (SSSR count). The fraction of sp³-hybridized carbons (Fsp3) is 0.118. The molecule has 2 aromatic carbocycles. The molecule has 0 aliphatic rings. The molecular weight excluding hydrogens is 248 g/mol. The molecule has 0 aliphatic heterocycles. The Bertz CT molecular complexity index is 779. The third kappa shape index (κ3) is 2.29. The molecular formula is C17H14N2O. The fourth-order valence-corrected chi connectivity index (χ4v) is 2.34. The van der Waals surface area contributed by atoms with Crippen LogP contribution in [0.3, 0.4) is 0 Å². The van der Waals surface area contributed by atoms with Gasteiger partial charge in [0.25, 0.3) is 0 Å². The summed E-state index contributed by atoms with van der Waals surface area (Å²) in [6.45, 7) is 0.822. The Hall–Kier alpha value is -2.57. The van der Waals surface area contributed by atoms with Crippen molar-refractivity contribution < 1.29 is 5.11 Å². The summed E-state index contributed by atoms with van der Waals surface area (Å²) >= 11 is 0. The number of aliphatic hydroxyl groups excluding tert-OH is 1. The summed E-state index contributed by atoms with van der Waals surface area (Å²) in [5.74, 6) is 0. The number of nitrogens with zero attached hydrogens (tertiary/aromatic N) is 2. The topological polar surface area (TPSA) is 49.0 Å². The van der Waals surface area contributed by atoms with E-state index in [1.165, 1.54) is 5.56 Å². The van der Waals surface area contributed by atoms with Gasteiger partial charge in [-0.3, -0.25) is 0 Å². The van der Waals surface area contributed by atoms with Crippen LogP contribution in [0.25, 0.3) is 10.9 Å². The second-order valence-corrected chi connectivity index (χ2v) is 4.80. The maximum atomic E-state index is 9.05. The monoisotopic (exact) mass is 262 g/mol. The van der Waals surface area contributed by atoms with Crippen LogP contribution in [-0.2, 0) is 13.2 Å². The summed E-state index contributed by atoms with van der Waals surface area (Å²) in [7, 11) is 0. The predicted molar refractivity (Wildman–Crippen MR) is 78.1 cm³/mol. The third-order valence-corrected chi connectivity index (χ3v) is 3.46. The highest BCUT2D eigenvalue weighted by atomic mass is 16.3. The van der Waals surface area contributed by atoms with Crippen molar-refractivity contribution in [3.63, 3.8) is 0 Å². The lowest BCUT2D eigenvalue weighted by Gasteiger charge is -2.07. The van der Waals surface area contributed by atoms with E-state index in [2.05, 4.69) is 16.7 Å². The molecule has 3 aromatic rings. The number of aromatic nitrogens is 1. The summed E-state index contributed by atoms with van der Waals surface area (Å²) < 4.78 is 2.13. The van der Waals surface area contributed by atoms with E-state index in [0.717, 1.165) is 23.0 Å². The minimum absolute atomic E-state index is 0.0677.